The van der Waals surface area contributed by atoms with E-state index in [1.54, 1.807) is 0 Å². The van der Waals surface area contributed by atoms with Crippen LogP contribution in [0.2, 0.25) is 15.1 Å². The second kappa shape index (κ2) is 8.92. The fourth-order valence-electron chi connectivity index (χ4n) is 2.74. The van der Waals surface area contributed by atoms with Crippen LogP contribution in [-0.4, -0.2) is 9.85 Å². The molecule has 0 aromatic heterocycles. The number of rotatable bonds is 4. The maximum absolute atomic E-state index is 13.7. The molecule has 0 spiro atoms. The van der Waals surface area contributed by atoms with E-state index in [0.717, 1.165) is 23.9 Å². The summed E-state index contributed by atoms with van der Waals surface area (Å²) in [7, 11) is -4.80. The summed E-state index contributed by atoms with van der Waals surface area (Å²) < 4.78 is 30.0. The van der Waals surface area contributed by atoms with Gasteiger partial charge in [0.1, 0.15) is 5.75 Å². The number of fused-ring (bicyclic) bond motifs is 2. The smallest absolute Gasteiger partial charge is 0.386 e. The third-order valence-electron chi connectivity index (χ3n) is 4.05. The number of phosphoric acid groups is 1. The van der Waals surface area contributed by atoms with E-state index in [9.17, 15) is 24.8 Å². The Morgan fingerprint density at radius 2 is 1.24 bits per heavy atom. The first-order chi connectivity index (χ1) is 15.5. The lowest BCUT2D eigenvalue weighted by Gasteiger charge is -2.24. The molecule has 0 bridgehead atoms. The molecule has 0 unspecified atom stereocenters. The molecule has 1 heterocycles. The number of benzene rings is 3. The Labute approximate surface area is 204 Å². The predicted molar refractivity (Wildman–Crippen MR) is 121 cm³/mol. The molecule has 0 radical (unpaired) electrons. The average molecular weight is 550 g/mol. The molecule has 0 atom stereocenters. The van der Waals surface area contributed by atoms with Gasteiger partial charge < -0.3 is 13.6 Å². The van der Waals surface area contributed by atoms with E-state index in [-0.39, 0.29) is 25.6 Å². The number of nitro benzene ring substituents is 2. The largest absolute Gasteiger partial charge is 0.647 e. The normalized spacial score (nSPS) is 13.9. The Morgan fingerprint density at radius 1 is 0.788 bits per heavy atom. The van der Waals surface area contributed by atoms with E-state index >= 15 is 0 Å². The zero-order valence-corrected chi connectivity index (χ0v) is 19.7. The first-order valence-electron chi connectivity index (χ1n) is 8.63. The fraction of sp³-hybridized carbons (Fsp3) is 0. The van der Waals surface area contributed by atoms with Gasteiger partial charge in [0, 0.05) is 27.2 Å². The molecule has 170 valence electrons. The van der Waals surface area contributed by atoms with Crippen molar-refractivity contribution in [2.75, 3.05) is 0 Å². The minimum atomic E-state index is -4.80. The van der Waals surface area contributed by atoms with Crippen LogP contribution in [0.5, 0.6) is 17.2 Å². The highest BCUT2D eigenvalue weighted by Gasteiger charge is 2.42. The van der Waals surface area contributed by atoms with Crippen molar-refractivity contribution in [3.63, 3.8) is 0 Å². The zero-order valence-electron chi connectivity index (χ0n) is 15.8. The Morgan fingerprint density at radius 3 is 1.67 bits per heavy atom. The highest BCUT2D eigenvalue weighted by molar-refractivity contribution is 7.99. The molecule has 0 saturated carbocycles. The quantitative estimate of drug-likeness (QED) is 0.183. The van der Waals surface area contributed by atoms with Crippen LogP contribution in [0.3, 0.4) is 0 Å². The fourth-order valence-corrected chi connectivity index (χ4v) is 5.95. The summed E-state index contributed by atoms with van der Waals surface area (Å²) >= 11 is 18.7. The van der Waals surface area contributed by atoms with E-state index in [1.807, 2.05) is 0 Å². The van der Waals surface area contributed by atoms with Gasteiger partial charge in [0.2, 0.25) is 11.5 Å². The van der Waals surface area contributed by atoms with Gasteiger partial charge in [-0.05, 0) is 36.4 Å². The Hall–Kier alpha value is -2.69. The predicted octanol–water partition coefficient (Wildman–Crippen LogP) is 7.57. The van der Waals surface area contributed by atoms with Crippen molar-refractivity contribution in [2.24, 2.45) is 0 Å². The Kier molecular flexibility index (Phi) is 6.35. The summed E-state index contributed by atoms with van der Waals surface area (Å²) in [5.74, 6) is -0.952. The Balaban J connectivity index is 1.96. The number of phosphoric ester groups is 1. The molecule has 0 aliphatic carbocycles. The molecule has 15 heteroatoms. The van der Waals surface area contributed by atoms with E-state index < -0.39 is 40.5 Å². The molecule has 0 amide bonds. The van der Waals surface area contributed by atoms with E-state index in [0.29, 0.717) is 5.02 Å². The SMILES string of the molecule is O=[N+]([O-])c1cc(Cl)cc2c1OP(=O)(Oc1ccc(Cl)cc1)Oc1c(cc(Cl)cc1[N+](=O)[O-])S2. The third kappa shape index (κ3) is 4.97. The van der Waals surface area contributed by atoms with Crippen molar-refractivity contribution in [1.29, 1.82) is 0 Å². The van der Waals surface area contributed by atoms with Gasteiger partial charge in [0.15, 0.2) is 0 Å². The monoisotopic (exact) mass is 548 g/mol. The van der Waals surface area contributed by atoms with Crippen LogP contribution in [-0.2, 0) is 4.57 Å². The number of hydrogen-bond acceptors (Lipinski definition) is 9. The highest BCUT2D eigenvalue weighted by atomic mass is 35.5. The van der Waals surface area contributed by atoms with Crippen LogP contribution in [0.15, 0.2) is 58.3 Å². The summed E-state index contributed by atoms with van der Waals surface area (Å²) in [6.45, 7) is 0. The van der Waals surface area contributed by atoms with Crippen molar-refractivity contribution in [2.45, 2.75) is 9.79 Å². The molecular weight excluding hydrogens is 542 g/mol. The molecule has 33 heavy (non-hydrogen) atoms. The lowest BCUT2D eigenvalue weighted by molar-refractivity contribution is -0.386. The average Bonchev–Trinajstić information content (AvgIpc) is 2.72. The summed E-state index contributed by atoms with van der Waals surface area (Å²) in [6, 6.07) is 10.1. The van der Waals surface area contributed by atoms with Crippen molar-refractivity contribution < 1.29 is 28.0 Å². The van der Waals surface area contributed by atoms with Crippen molar-refractivity contribution in [3.05, 3.63) is 83.8 Å². The van der Waals surface area contributed by atoms with Gasteiger partial charge >= 0.3 is 19.2 Å². The molecule has 1 aliphatic heterocycles. The molecular formula is C18H8Cl3N2O8PS. The highest BCUT2D eigenvalue weighted by Crippen LogP contribution is 2.60. The number of nitro groups is 2. The van der Waals surface area contributed by atoms with E-state index in [4.69, 9.17) is 48.4 Å². The van der Waals surface area contributed by atoms with Crippen LogP contribution in [0, 0.1) is 20.2 Å². The molecule has 1 aliphatic rings. The van der Waals surface area contributed by atoms with Crippen LogP contribution in [0.25, 0.3) is 0 Å². The third-order valence-corrected chi connectivity index (χ3v) is 7.03. The molecule has 0 saturated heterocycles. The summed E-state index contributed by atoms with van der Waals surface area (Å²) in [4.78, 5) is 21.8. The van der Waals surface area contributed by atoms with E-state index in [2.05, 4.69) is 0 Å². The standard InChI is InChI=1S/C18H8Cl3N2O8PS/c19-9-1-3-12(4-2-9)29-32(28)30-17-13(22(24)25)5-10(20)7-15(17)33-16-8-11(21)6-14(23(26)27)18(16)31-32/h1-8H. The Bertz CT molecular complexity index is 1280. The molecule has 3 aromatic carbocycles. The van der Waals surface area contributed by atoms with Crippen molar-refractivity contribution >= 4 is 65.8 Å². The molecule has 0 N–H and O–H groups in total. The maximum atomic E-state index is 13.7. The van der Waals surface area contributed by atoms with Gasteiger partial charge in [-0.15, -0.1) is 0 Å². The molecule has 10 nitrogen and oxygen atoms in total. The van der Waals surface area contributed by atoms with Crippen LogP contribution >= 0.6 is 54.4 Å². The van der Waals surface area contributed by atoms with Crippen LogP contribution in [0.4, 0.5) is 11.4 Å². The molecule has 4 rings (SSSR count). The first kappa shape index (κ1) is 23.5. The van der Waals surface area contributed by atoms with Crippen molar-refractivity contribution in [3.8, 4) is 17.2 Å². The number of halogens is 3. The van der Waals surface area contributed by atoms with Gasteiger partial charge in [0.05, 0.1) is 19.6 Å². The first-order valence-corrected chi connectivity index (χ1v) is 12.0. The summed E-state index contributed by atoms with van der Waals surface area (Å²) in [5, 5.41) is 23.6. The molecule has 0 fully saturated rings. The minimum absolute atomic E-state index is 0.0235. The van der Waals surface area contributed by atoms with Crippen LogP contribution < -0.4 is 13.6 Å². The van der Waals surface area contributed by atoms with Crippen molar-refractivity contribution in [1.82, 2.24) is 0 Å². The van der Waals surface area contributed by atoms with Gasteiger partial charge in [-0.25, -0.2) is 0 Å². The second-order valence-corrected chi connectivity index (χ2v) is 10.1. The minimum Gasteiger partial charge on any atom is -0.386 e. The van der Waals surface area contributed by atoms with E-state index in [1.165, 1.54) is 36.4 Å². The van der Waals surface area contributed by atoms with Gasteiger partial charge in [0.25, 0.3) is 0 Å². The van der Waals surface area contributed by atoms with Gasteiger partial charge in [-0.3, -0.25) is 20.2 Å². The van der Waals surface area contributed by atoms with Gasteiger partial charge in [-0.2, -0.15) is 4.57 Å². The maximum Gasteiger partial charge on any atom is 0.647 e. The van der Waals surface area contributed by atoms with Gasteiger partial charge in [-0.1, -0.05) is 46.6 Å². The topological polar surface area (TPSA) is 131 Å². The zero-order chi connectivity index (χ0) is 23.9. The second-order valence-electron chi connectivity index (χ2n) is 6.30. The lowest BCUT2D eigenvalue weighted by Crippen LogP contribution is -2.12. The summed E-state index contributed by atoms with van der Waals surface area (Å²) in [5.41, 5.74) is -1.23. The number of hydrogen-bond donors (Lipinski definition) is 0. The van der Waals surface area contributed by atoms with Crippen LogP contribution in [0.1, 0.15) is 0 Å². The lowest BCUT2D eigenvalue weighted by atomic mass is 10.3. The summed E-state index contributed by atoms with van der Waals surface area (Å²) in [6.07, 6.45) is 0. The molecule has 3 aromatic rings. The number of nitrogens with zero attached hydrogens (tertiary/aromatic N) is 2.